The highest BCUT2D eigenvalue weighted by Crippen LogP contribution is 2.45. The quantitative estimate of drug-likeness (QED) is 0.0169. The zero-order valence-electron chi connectivity index (χ0n) is 62.2. The molecule has 17 nitrogen and oxygen atoms in total. The summed E-state index contributed by atoms with van der Waals surface area (Å²) in [4.78, 5) is 72.8. The zero-order chi connectivity index (χ0) is 70.7. The third-order valence-corrected chi connectivity index (χ3v) is 19.2. The van der Waals surface area contributed by atoms with Crippen molar-refractivity contribution < 1.29 is 80.2 Å². The number of allylic oxidation sites excluding steroid dienone is 4. The molecule has 0 saturated carbocycles. The smallest absolute Gasteiger partial charge is 0.462 e. The molecule has 0 aliphatic heterocycles. The number of carbonyl (C=O) groups is 4. The second kappa shape index (κ2) is 68.3. The van der Waals surface area contributed by atoms with Crippen molar-refractivity contribution in [3.8, 4) is 0 Å². The molecular formula is C77H146O17P2. The number of carbonyl (C=O) groups excluding carboxylic acids is 4. The molecule has 0 aromatic heterocycles. The molecule has 0 aliphatic carbocycles. The number of esters is 4. The molecule has 0 spiro atoms. The molecule has 19 heteroatoms. The second-order valence-electron chi connectivity index (χ2n) is 28.0. The first-order chi connectivity index (χ1) is 46.4. The predicted octanol–water partition coefficient (Wildman–Crippen LogP) is 22.3. The van der Waals surface area contributed by atoms with E-state index >= 15 is 0 Å². The molecule has 0 saturated heterocycles. The van der Waals surface area contributed by atoms with Crippen LogP contribution in [0.5, 0.6) is 0 Å². The lowest BCUT2D eigenvalue weighted by Crippen LogP contribution is -2.30. The number of rotatable bonds is 74. The average Bonchev–Trinajstić information content (AvgIpc) is 1.52. The van der Waals surface area contributed by atoms with E-state index in [0.717, 1.165) is 121 Å². The van der Waals surface area contributed by atoms with Crippen molar-refractivity contribution in [1.82, 2.24) is 0 Å². The van der Waals surface area contributed by atoms with Crippen LogP contribution < -0.4 is 0 Å². The molecule has 0 fully saturated rings. The predicted molar refractivity (Wildman–Crippen MR) is 391 cm³/mol. The summed E-state index contributed by atoms with van der Waals surface area (Å²) in [6.07, 6.45) is 59.1. The van der Waals surface area contributed by atoms with Crippen molar-refractivity contribution >= 4 is 39.5 Å². The molecule has 0 bridgehead atoms. The molecule has 0 rings (SSSR count). The van der Waals surface area contributed by atoms with Crippen LogP contribution in [0, 0.1) is 11.8 Å². The van der Waals surface area contributed by atoms with Gasteiger partial charge in [0.25, 0.3) is 0 Å². The summed E-state index contributed by atoms with van der Waals surface area (Å²) in [6.45, 7) is 9.49. The van der Waals surface area contributed by atoms with Gasteiger partial charge < -0.3 is 33.8 Å². The molecule has 0 aromatic rings. The summed E-state index contributed by atoms with van der Waals surface area (Å²) in [5.41, 5.74) is 0. The van der Waals surface area contributed by atoms with E-state index in [1.807, 2.05) is 0 Å². The van der Waals surface area contributed by atoms with Gasteiger partial charge in [0.2, 0.25) is 0 Å². The molecule has 2 unspecified atom stereocenters. The number of ether oxygens (including phenoxy) is 4. The van der Waals surface area contributed by atoms with Crippen molar-refractivity contribution in [1.29, 1.82) is 0 Å². The van der Waals surface area contributed by atoms with Crippen molar-refractivity contribution in [3.63, 3.8) is 0 Å². The number of aliphatic hydroxyl groups is 1. The van der Waals surface area contributed by atoms with E-state index in [2.05, 4.69) is 65.8 Å². The Morgan fingerprint density at radius 1 is 0.323 bits per heavy atom. The van der Waals surface area contributed by atoms with Gasteiger partial charge in [-0.1, -0.05) is 323 Å². The molecule has 5 atom stereocenters. The first-order valence-corrected chi connectivity index (χ1v) is 42.3. The number of hydrogen-bond acceptors (Lipinski definition) is 15. The third-order valence-electron chi connectivity index (χ3n) is 17.3. The SMILES string of the molecule is CCCCCC/C=C\C=C/CCCCCCCC(=O)OC[C@H](COP(=O)(O)OC[C@@H](O)COP(=O)(O)OC[C@@H](COC(=O)CCCCCCCCCCC(C)C)OC(=O)CCCCCCCCCCCCC(C)C)OC(=O)CCCCCCCCCCCCCCCCCCC. The number of unbranched alkanes of at least 4 members (excludes halogenated alkanes) is 41. The Bertz CT molecular complexity index is 1950. The minimum atomic E-state index is -4.97. The summed E-state index contributed by atoms with van der Waals surface area (Å²) < 4.78 is 68.5. The van der Waals surface area contributed by atoms with Gasteiger partial charge in [-0.25, -0.2) is 9.13 Å². The van der Waals surface area contributed by atoms with E-state index in [1.165, 1.54) is 173 Å². The Morgan fingerprint density at radius 2 is 0.562 bits per heavy atom. The minimum Gasteiger partial charge on any atom is -0.462 e. The van der Waals surface area contributed by atoms with Crippen molar-refractivity contribution in [2.24, 2.45) is 11.8 Å². The van der Waals surface area contributed by atoms with Gasteiger partial charge in [0.1, 0.15) is 19.3 Å². The van der Waals surface area contributed by atoms with Gasteiger partial charge in [-0.05, 0) is 63.2 Å². The standard InChI is InChI=1S/C77H146O17P2/c1-7-9-11-13-15-17-19-21-23-24-26-28-30-35-43-49-55-61-76(81)93-72(65-87-74(79)59-53-47-41-34-29-27-25-22-20-18-16-14-12-10-8-2)67-91-95(83,84)89-63-71(78)64-90-96(85,86)92-68-73(66-88-75(80)60-54-48-42-38-37-40-46-52-58-70(5)6)94-77(82)62-56-50-44-36-32-31-33-39-45-51-57-69(3)4/h18,20,22,25,69-73,78H,7-17,19,21,23-24,26-68H2,1-6H3,(H,83,84)(H,85,86)/b20-18-,25-22-/t71-,72-,73-/m1/s1. The Hall–Kier alpha value is -2.46. The highest BCUT2D eigenvalue weighted by molar-refractivity contribution is 7.47. The minimum absolute atomic E-state index is 0.101. The van der Waals surface area contributed by atoms with Crippen molar-refractivity contribution in [2.75, 3.05) is 39.6 Å². The molecule has 0 radical (unpaired) electrons. The van der Waals surface area contributed by atoms with Gasteiger partial charge in [-0.2, -0.15) is 0 Å². The van der Waals surface area contributed by atoms with Crippen LogP contribution in [0.2, 0.25) is 0 Å². The highest BCUT2D eigenvalue weighted by atomic mass is 31.2. The van der Waals surface area contributed by atoms with E-state index in [9.17, 15) is 43.2 Å². The van der Waals surface area contributed by atoms with E-state index in [4.69, 9.17) is 37.0 Å². The van der Waals surface area contributed by atoms with Crippen LogP contribution in [0.1, 0.15) is 375 Å². The van der Waals surface area contributed by atoms with E-state index in [-0.39, 0.29) is 25.7 Å². The van der Waals surface area contributed by atoms with Gasteiger partial charge >= 0.3 is 39.5 Å². The fraction of sp³-hybridized carbons (Fsp3) is 0.896. The van der Waals surface area contributed by atoms with Crippen LogP contribution in [0.3, 0.4) is 0 Å². The van der Waals surface area contributed by atoms with Gasteiger partial charge in [-0.15, -0.1) is 0 Å². The summed E-state index contributed by atoms with van der Waals surface area (Å²) in [5.74, 6) is -0.670. The number of hydrogen-bond donors (Lipinski definition) is 3. The number of phosphoric ester groups is 2. The van der Waals surface area contributed by atoms with Gasteiger partial charge in [0.05, 0.1) is 26.4 Å². The number of aliphatic hydroxyl groups excluding tert-OH is 1. The largest absolute Gasteiger partial charge is 0.472 e. The highest BCUT2D eigenvalue weighted by Gasteiger charge is 2.30. The summed E-state index contributed by atoms with van der Waals surface area (Å²) in [7, 11) is -9.92. The molecule has 0 aliphatic rings. The van der Waals surface area contributed by atoms with Crippen LogP contribution in [-0.4, -0.2) is 96.7 Å². The van der Waals surface area contributed by atoms with Crippen LogP contribution in [0.25, 0.3) is 0 Å². The fourth-order valence-corrected chi connectivity index (χ4v) is 12.9. The Balaban J connectivity index is 5.29. The first kappa shape index (κ1) is 93.5. The van der Waals surface area contributed by atoms with Crippen LogP contribution in [0.4, 0.5) is 0 Å². The lowest BCUT2D eigenvalue weighted by atomic mass is 10.0. The molecule has 0 aromatic carbocycles. The molecule has 0 amide bonds. The molecular weight excluding hydrogens is 1260 g/mol. The van der Waals surface area contributed by atoms with Gasteiger partial charge in [-0.3, -0.25) is 37.3 Å². The Kier molecular flexibility index (Phi) is 66.6. The maximum Gasteiger partial charge on any atom is 0.472 e. The lowest BCUT2D eigenvalue weighted by Gasteiger charge is -2.21. The van der Waals surface area contributed by atoms with E-state index < -0.39 is 97.5 Å². The molecule has 566 valence electrons. The fourth-order valence-electron chi connectivity index (χ4n) is 11.3. The average molecular weight is 1410 g/mol. The van der Waals surface area contributed by atoms with Crippen LogP contribution in [-0.2, 0) is 65.4 Å². The summed E-state index contributed by atoms with van der Waals surface area (Å²) >= 11 is 0. The third kappa shape index (κ3) is 70.0. The molecule has 0 heterocycles. The Labute approximate surface area is 586 Å². The Morgan fingerprint density at radius 3 is 0.854 bits per heavy atom. The van der Waals surface area contributed by atoms with Gasteiger partial charge in [0.15, 0.2) is 12.2 Å². The monoisotopic (exact) mass is 1410 g/mol. The van der Waals surface area contributed by atoms with Gasteiger partial charge in [0, 0.05) is 25.7 Å². The normalized spacial score (nSPS) is 14.2. The second-order valence-corrected chi connectivity index (χ2v) is 30.9. The van der Waals surface area contributed by atoms with E-state index in [1.54, 1.807) is 0 Å². The first-order valence-electron chi connectivity index (χ1n) is 39.3. The topological polar surface area (TPSA) is 237 Å². The number of phosphoric acid groups is 2. The maximum absolute atomic E-state index is 13.1. The molecule has 3 N–H and O–H groups in total. The van der Waals surface area contributed by atoms with Crippen LogP contribution in [0.15, 0.2) is 24.3 Å². The summed E-state index contributed by atoms with van der Waals surface area (Å²) in [5, 5.41) is 10.6. The van der Waals surface area contributed by atoms with Crippen molar-refractivity contribution in [2.45, 2.75) is 394 Å². The summed E-state index contributed by atoms with van der Waals surface area (Å²) in [6, 6.07) is 0. The maximum atomic E-state index is 13.1. The van der Waals surface area contributed by atoms with E-state index in [0.29, 0.717) is 25.7 Å². The van der Waals surface area contributed by atoms with Crippen LogP contribution >= 0.6 is 15.6 Å². The van der Waals surface area contributed by atoms with Crippen molar-refractivity contribution in [3.05, 3.63) is 24.3 Å². The zero-order valence-corrected chi connectivity index (χ0v) is 63.9. The lowest BCUT2D eigenvalue weighted by molar-refractivity contribution is -0.161. The molecule has 96 heavy (non-hydrogen) atoms.